The number of hydrogen-bond acceptors (Lipinski definition) is 2. The molecule has 0 aliphatic heterocycles. The van der Waals surface area contributed by atoms with E-state index in [-0.39, 0.29) is 12.1 Å². The molecule has 2 atom stereocenters. The number of rotatable bonds is 2. The van der Waals surface area contributed by atoms with E-state index >= 15 is 0 Å². The Kier molecular flexibility index (Phi) is 3.77. The molecule has 1 saturated carbocycles. The van der Waals surface area contributed by atoms with Gasteiger partial charge in [0.05, 0.1) is 17.8 Å². The summed E-state index contributed by atoms with van der Waals surface area (Å²) in [6.45, 7) is 1.97. The number of aliphatic hydroxyl groups excluding tert-OH is 1. The SMILES string of the molecule is Cc1cc(Br)c(NC2CCCC2O)cc1Cl. The van der Waals surface area contributed by atoms with Crippen LogP contribution in [-0.4, -0.2) is 17.3 Å². The van der Waals surface area contributed by atoms with Crippen molar-refractivity contribution < 1.29 is 5.11 Å². The molecule has 0 spiro atoms. The maximum Gasteiger partial charge on any atom is 0.0741 e. The largest absolute Gasteiger partial charge is 0.391 e. The molecule has 0 heterocycles. The molecule has 2 nitrogen and oxygen atoms in total. The highest BCUT2D eigenvalue weighted by Crippen LogP contribution is 2.32. The Bertz CT molecular complexity index is 397. The zero-order valence-electron chi connectivity index (χ0n) is 9.13. The van der Waals surface area contributed by atoms with Crippen LogP contribution in [0.15, 0.2) is 16.6 Å². The standard InChI is InChI=1S/C12H15BrClNO/c1-7-5-8(13)11(6-9(7)14)15-10-3-2-4-12(10)16/h5-6,10,12,15-16H,2-4H2,1H3. The summed E-state index contributed by atoms with van der Waals surface area (Å²) < 4.78 is 0.994. The quantitative estimate of drug-likeness (QED) is 0.872. The molecule has 2 N–H and O–H groups in total. The zero-order valence-corrected chi connectivity index (χ0v) is 11.5. The third kappa shape index (κ3) is 2.53. The van der Waals surface area contributed by atoms with E-state index in [4.69, 9.17) is 11.6 Å². The van der Waals surface area contributed by atoms with E-state index in [0.717, 1.165) is 40.0 Å². The molecule has 4 heteroatoms. The lowest BCUT2D eigenvalue weighted by Gasteiger charge is -2.19. The van der Waals surface area contributed by atoms with Gasteiger partial charge in [0.25, 0.3) is 0 Å². The van der Waals surface area contributed by atoms with E-state index in [9.17, 15) is 5.11 Å². The maximum absolute atomic E-state index is 9.75. The molecule has 1 aromatic rings. The lowest BCUT2D eigenvalue weighted by molar-refractivity contribution is 0.172. The lowest BCUT2D eigenvalue weighted by Crippen LogP contribution is -2.28. The number of aryl methyl sites for hydroxylation is 1. The smallest absolute Gasteiger partial charge is 0.0741 e. The highest BCUT2D eigenvalue weighted by Gasteiger charge is 2.25. The van der Waals surface area contributed by atoms with Gasteiger partial charge in [-0.25, -0.2) is 0 Å². The van der Waals surface area contributed by atoms with Crippen LogP contribution >= 0.6 is 27.5 Å². The maximum atomic E-state index is 9.75. The molecule has 2 unspecified atom stereocenters. The van der Waals surface area contributed by atoms with Crippen molar-refractivity contribution in [1.82, 2.24) is 0 Å². The fourth-order valence-electron chi connectivity index (χ4n) is 2.07. The summed E-state index contributed by atoms with van der Waals surface area (Å²) in [7, 11) is 0. The molecular weight excluding hydrogens is 289 g/mol. The Morgan fingerprint density at radius 3 is 2.81 bits per heavy atom. The van der Waals surface area contributed by atoms with Gasteiger partial charge < -0.3 is 10.4 Å². The van der Waals surface area contributed by atoms with E-state index in [1.807, 2.05) is 19.1 Å². The molecule has 0 amide bonds. The normalized spacial score (nSPS) is 24.8. The van der Waals surface area contributed by atoms with Crippen molar-refractivity contribution in [2.24, 2.45) is 0 Å². The second-order valence-corrected chi connectivity index (χ2v) is 5.59. The topological polar surface area (TPSA) is 32.3 Å². The number of anilines is 1. The predicted molar refractivity (Wildman–Crippen MR) is 71.2 cm³/mol. The highest BCUT2D eigenvalue weighted by atomic mass is 79.9. The monoisotopic (exact) mass is 303 g/mol. The van der Waals surface area contributed by atoms with Gasteiger partial charge in [-0.1, -0.05) is 11.6 Å². The first-order valence-corrected chi connectivity index (χ1v) is 6.65. The summed E-state index contributed by atoms with van der Waals surface area (Å²) in [6, 6.07) is 4.05. The Balaban J connectivity index is 2.18. The molecule has 16 heavy (non-hydrogen) atoms. The molecule has 0 aromatic heterocycles. The average Bonchev–Trinajstić information content (AvgIpc) is 2.61. The molecule has 1 fully saturated rings. The lowest BCUT2D eigenvalue weighted by atomic mass is 10.1. The molecule has 2 rings (SSSR count). The van der Waals surface area contributed by atoms with Crippen LogP contribution in [0.5, 0.6) is 0 Å². The summed E-state index contributed by atoms with van der Waals surface area (Å²) >= 11 is 9.59. The van der Waals surface area contributed by atoms with Crippen LogP contribution in [0.4, 0.5) is 5.69 Å². The minimum atomic E-state index is -0.244. The number of benzene rings is 1. The van der Waals surface area contributed by atoms with E-state index in [0.29, 0.717) is 0 Å². The van der Waals surface area contributed by atoms with Crippen molar-refractivity contribution in [2.75, 3.05) is 5.32 Å². The fourth-order valence-corrected chi connectivity index (χ4v) is 2.80. The predicted octanol–water partition coefficient (Wildman–Crippen LogP) is 3.74. The Hall–Kier alpha value is -0.250. The summed E-state index contributed by atoms with van der Waals surface area (Å²) in [4.78, 5) is 0. The first-order valence-electron chi connectivity index (χ1n) is 5.48. The van der Waals surface area contributed by atoms with Crippen LogP contribution in [-0.2, 0) is 0 Å². The van der Waals surface area contributed by atoms with Gasteiger partial charge in [0.15, 0.2) is 0 Å². The molecule has 1 aliphatic rings. The summed E-state index contributed by atoms with van der Waals surface area (Å²) in [5, 5.41) is 13.8. The second-order valence-electron chi connectivity index (χ2n) is 4.33. The van der Waals surface area contributed by atoms with Crippen molar-refractivity contribution in [3.05, 3.63) is 27.2 Å². The Morgan fingerprint density at radius 2 is 2.19 bits per heavy atom. The van der Waals surface area contributed by atoms with Crippen molar-refractivity contribution in [2.45, 2.75) is 38.3 Å². The molecule has 1 aliphatic carbocycles. The molecule has 0 radical (unpaired) electrons. The highest BCUT2D eigenvalue weighted by molar-refractivity contribution is 9.10. The van der Waals surface area contributed by atoms with Crippen LogP contribution in [0, 0.1) is 6.92 Å². The Morgan fingerprint density at radius 1 is 1.44 bits per heavy atom. The van der Waals surface area contributed by atoms with Crippen LogP contribution in [0.25, 0.3) is 0 Å². The van der Waals surface area contributed by atoms with Gasteiger partial charge in [-0.3, -0.25) is 0 Å². The van der Waals surface area contributed by atoms with Crippen molar-refractivity contribution in [3.63, 3.8) is 0 Å². The first kappa shape index (κ1) is 12.2. The molecule has 0 bridgehead atoms. The van der Waals surface area contributed by atoms with Crippen LogP contribution in [0.3, 0.4) is 0 Å². The number of aliphatic hydroxyl groups is 1. The van der Waals surface area contributed by atoms with Crippen molar-refractivity contribution in [3.8, 4) is 0 Å². The first-order chi connectivity index (χ1) is 7.58. The average molecular weight is 305 g/mol. The summed E-state index contributed by atoms with van der Waals surface area (Å²) in [6.07, 6.45) is 2.73. The number of halogens is 2. The second kappa shape index (κ2) is 4.94. The number of nitrogens with one attached hydrogen (secondary N) is 1. The zero-order chi connectivity index (χ0) is 11.7. The van der Waals surface area contributed by atoms with E-state index < -0.39 is 0 Å². The van der Waals surface area contributed by atoms with Gasteiger partial charge >= 0.3 is 0 Å². The van der Waals surface area contributed by atoms with Gasteiger partial charge in [-0.2, -0.15) is 0 Å². The third-order valence-electron chi connectivity index (χ3n) is 3.07. The summed E-state index contributed by atoms with van der Waals surface area (Å²) in [5.74, 6) is 0. The third-order valence-corrected chi connectivity index (χ3v) is 4.13. The van der Waals surface area contributed by atoms with E-state index in [1.165, 1.54) is 0 Å². The molecule has 88 valence electrons. The minimum absolute atomic E-state index is 0.148. The molecule has 1 aromatic carbocycles. The van der Waals surface area contributed by atoms with Crippen LogP contribution in [0.1, 0.15) is 24.8 Å². The van der Waals surface area contributed by atoms with Gasteiger partial charge in [0.2, 0.25) is 0 Å². The van der Waals surface area contributed by atoms with Crippen LogP contribution < -0.4 is 5.32 Å². The molecular formula is C12H15BrClNO. The van der Waals surface area contributed by atoms with Gasteiger partial charge in [-0.05, 0) is 59.8 Å². The van der Waals surface area contributed by atoms with Crippen molar-refractivity contribution in [1.29, 1.82) is 0 Å². The van der Waals surface area contributed by atoms with Gasteiger partial charge in [0, 0.05) is 9.50 Å². The number of hydrogen-bond donors (Lipinski definition) is 2. The Labute approximate surface area is 109 Å². The van der Waals surface area contributed by atoms with Crippen molar-refractivity contribution >= 4 is 33.2 Å². The summed E-state index contributed by atoms with van der Waals surface area (Å²) in [5.41, 5.74) is 2.01. The van der Waals surface area contributed by atoms with Gasteiger partial charge in [0.1, 0.15) is 0 Å². The van der Waals surface area contributed by atoms with Gasteiger partial charge in [-0.15, -0.1) is 0 Å². The van der Waals surface area contributed by atoms with E-state index in [2.05, 4.69) is 21.2 Å². The fraction of sp³-hybridized carbons (Fsp3) is 0.500. The van der Waals surface area contributed by atoms with Crippen LogP contribution in [0.2, 0.25) is 5.02 Å². The molecule has 0 saturated heterocycles. The van der Waals surface area contributed by atoms with E-state index in [1.54, 1.807) is 0 Å². The minimum Gasteiger partial charge on any atom is -0.391 e.